The lowest BCUT2D eigenvalue weighted by Crippen LogP contribution is -2.38. The molecule has 18 heavy (non-hydrogen) atoms. The maximum absolute atomic E-state index is 11.7. The van der Waals surface area contributed by atoms with Crippen LogP contribution >= 0.6 is 12.6 Å². The minimum Gasteiger partial charge on any atom is -0.326 e. The molecule has 1 unspecified atom stereocenters. The van der Waals surface area contributed by atoms with Gasteiger partial charge in [-0.25, -0.2) is 0 Å². The Balaban J connectivity index is 2.43. The summed E-state index contributed by atoms with van der Waals surface area (Å²) in [4.78, 5) is 11.7. The number of hydrogen-bond acceptors (Lipinski definition) is 4. The fourth-order valence-corrected chi connectivity index (χ4v) is 1.65. The van der Waals surface area contributed by atoms with Crippen LogP contribution in [0.5, 0.6) is 0 Å². The third-order valence-electron chi connectivity index (χ3n) is 2.81. The number of hydrogen-bond donors (Lipinski definition) is 4. The number of carbonyl (C=O) groups is 1. The van der Waals surface area contributed by atoms with Crippen molar-refractivity contribution in [3.05, 3.63) is 29.3 Å². The summed E-state index contributed by atoms with van der Waals surface area (Å²) in [7, 11) is 0. The average Bonchev–Trinajstić information content (AvgIpc) is 2.34. The molecule has 1 aromatic rings. The van der Waals surface area contributed by atoms with Crippen molar-refractivity contribution < 1.29 is 4.79 Å². The van der Waals surface area contributed by atoms with Gasteiger partial charge in [0.2, 0.25) is 5.91 Å². The first-order chi connectivity index (χ1) is 8.54. The number of nitrogens with one attached hydrogen (secondary N) is 2. The summed E-state index contributed by atoms with van der Waals surface area (Å²) in [6, 6.07) is 5.83. The van der Waals surface area contributed by atoms with E-state index in [1.54, 1.807) is 0 Å². The van der Waals surface area contributed by atoms with Crippen LogP contribution < -0.4 is 16.4 Å². The van der Waals surface area contributed by atoms with Crippen molar-refractivity contribution in [3.63, 3.8) is 0 Å². The van der Waals surface area contributed by atoms with Crippen LogP contribution in [-0.4, -0.2) is 30.8 Å². The summed E-state index contributed by atoms with van der Waals surface area (Å²) in [6.45, 7) is 4.86. The molecule has 100 valence electrons. The lowest BCUT2D eigenvalue weighted by Gasteiger charge is -2.12. The number of amides is 1. The second-order valence-electron chi connectivity index (χ2n) is 4.37. The van der Waals surface area contributed by atoms with E-state index in [4.69, 9.17) is 5.73 Å². The van der Waals surface area contributed by atoms with Gasteiger partial charge in [0.15, 0.2) is 0 Å². The molecule has 1 atom stereocenters. The standard InChI is InChI=1S/C13H21N3OS/c1-9-4-3-5-12(10(9)2)16-13(17)7-15-6-11(14)8-18/h3-5,11,15,18H,6-8,14H2,1-2H3,(H,16,17). The highest BCUT2D eigenvalue weighted by Gasteiger charge is 2.06. The largest absolute Gasteiger partial charge is 0.326 e. The Kier molecular flexibility index (Phi) is 6.18. The van der Waals surface area contributed by atoms with E-state index < -0.39 is 0 Å². The Morgan fingerprint density at radius 2 is 2.17 bits per heavy atom. The van der Waals surface area contributed by atoms with Gasteiger partial charge >= 0.3 is 0 Å². The molecule has 1 aromatic carbocycles. The second-order valence-corrected chi connectivity index (χ2v) is 4.73. The van der Waals surface area contributed by atoms with Gasteiger partial charge in [0, 0.05) is 24.0 Å². The molecular weight excluding hydrogens is 246 g/mol. The number of anilines is 1. The van der Waals surface area contributed by atoms with Crippen molar-refractivity contribution >= 4 is 24.2 Å². The zero-order valence-corrected chi connectivity index (χ0v) is 11.8. The highest BCUT2D eigenvalue weighted by molar-refractivity contribution is 7.80. The number of aryl methyl sites for hydroxylation is 1. The molecule has 0 saturated carbocycles. The molecule has 0 aromatic heterocycles. The van der Waals surface area contributed by atoms with Crippen molar-refractivity contribution in [3.8, 4) is 0 Å². The van der Waals surface area contributed by atoms with Crippen molar-refractivity contribution in [1.29, 1.82) is 0 Å². The van der Waals surface area contributed by atoms with E-state index in [9.17, 15) is 4.79 Å². The topological polar surface area (TPSA) is 67.2 Å². The van der Waals surface area contributed by atoms with Crippen molar-refractivity contribution in [2.24, 2.45) is 5.73 Å². The summed E-state index contributed by atoms with van der Waals surface area (Å²) in [5, 5.41) is 5.89. The van der Waals surface area contributed by atoms with Gasteiger partial charge in [-0.15, -0.1) is 0 Å². The van der Waals surface area contributed by atoms with Gasteiger partial charge < -0.3 is 16.4 Å². The van der Waals surface area contributed by atoms with E-state index in [0.717, 1.165) is 16.8 Å². The molecule has 1 amide bonds. The Labute approximate surface area is 114 Å². The molecule has 0 spiro atoms. The van der Waals surface area contributed by atoms with Crippen LogP contribution in [0.25, 0.3) is 0 Å². The number of nitrogens with two attached hydrogens (primary N) is 1. The molecule has 0 aliphatic heterocycles. The molecule has 0 aliphatic carbocycles. The lowest BCUT2D eigenvalue weighted by molar-refractivity contribution is -0.115. The third kappa shape index (κ3) is 4.68. The van der Waals surface area contributed by atoms with Crippen LogP contribution in [0.3, 0.4) is 0 Å². The molecule has 4 nitrogen and oxygen atoms in total. The minimum atomic E-state index is -0.0601. The fraction of sp³-hybridized carbons (Fsp3) is 0.462. The zero-order chi connectivity index (χ0) is 13.5. The highest BCUT2D eigenvalue weighted by atomic mass is 32.1. The molecule has 0 saturated heterocycles. The number of benzene rings is 1. The van der Waals surface area contributed by atoms with E-state index in [1.807, 2.05) is 32.0 Å². The molecule has 0 heterocycles. The van der Waals surface area contributed by atoms with Gasteiger partial charge in [-0.2, -0.15) is 12.6 Å². The van der Waals surface area contributed by atoms with Crippen molar-refractivity contribution in [2.45, 2.75) is 19.9 Å². The summed E-state index contributed by atoms with van der Waals surface area (Å²) >= 11 is 4.08. The predicted molar refractivity (Wildman–Crippen MR) is 79.2 cm³/mol. The second kappa shape index (κ2) is 7.41. The van der Waals surface area contributed by atoms with Crippen molar-refractivity contribution in [2.75, 3.05) is 24.2 Å². The number of carbonyl (C=O) groups excluding carboxylic acids is 1. The Morgan fingerprint density at radius 1 is 1.44 bits per heavy atom. The summed E-state index contributed by atoms with van der Waals surface area (Å²) in [5.74, 6) is 0.543. The smallest absolute Gasteiger partial charge is 0.238 e. The lowest BCUT2D eigenvalue weighted by atomic mass is 10.1. The third-order valence-corrected chi connectivity index (χ3v) is 3.27. The maximum atomic E-state index is 11.7. The van der Waals surface area contributed by atoms with Gasteiger partial charge in [-0.3, -0.25) is 4.79 Å². The van der Waals surface area contributed by atoms with Crippen LogP contribution in [0.4, 0.5) is 5.69 Å². The Morgan fingerprint density at radius 3 is 2.83 bits per heavy atom. The highest BCUT2D eigenvalue weighted by Crippen LogP contribution is 2.17. The van der Waals surface area contributed by atoms with Gasteiger partial charge in [0.25, 0.3) is 0 Å². The fourth-order valence-electron chi connectivity index (χ4n) is 1.52. The summed E-state index contributed by atoms with van der Waals surface area (Å²) in [6.07, 6.45) is 0. The van der Waals surface area contributed by atoms with Crippen LogP contribution in [-0.2, 0) is 4.79 Å². The number of thiol groups is 1. The van der Waals surface area contributed by atoms with Gasteiger partial charge in [-0.05, 0) is 31.0 Å². The maximum Gasteiger partial charge on any atom is 0.238 e. The molecule has 0 fully saturated rings. The first kappa shape index (κ1) is 15.0. The van der Waals surface area contributed by atoms with Crippen LogP contribution in [0.1, 0.15) is 11.1 Å². The zero-order valence-electron chi connectivity index (χ0n) is 10.9. The molecule has 0 bridgehead atoms. The SMILES string of the molecule is Cc1cccc(NC(=O)CNCC(N)CS)c1C. The van der Waals surface area contributed by atoms with E-state index in [0.29, 0.717) is 12.3 Å². The normalized spacial score (nSPS) is 12.2. The quantitative estimate of drug-likeness (QED) is 0.583. The van der Waals surface area contributed by atoms with E-state index in [1.165, 1.54) is 0 Å². The summed E-state index contributed by atoms with van der Waals surface area (Å²) < 4.78 is 0. The van der Waals surface area contributed by atoms with Crippen LogP contribution in [0.15, 0.2) is 18.2 Å². The van der Waals surface area contributed by atoms with E-state index in [2.05, 4.69) is 23.3 Å². The van der Waals surface area contributed by atoms with Crippen LogP contribution in [0.2, 0.25) is 0 Å². The van der Waals surface area contributed by atoms with Crippen LogP contribution in [0, 0.1) is 13.8 Å². The predicted octanol–water partition coefficient (Wildman–Crippen LogP) is 1.09. The molecule has 5 heteroatoms. The molecular formula is C13H21N3OS. The van der Waals surface area contributed by atoms with Gasteiger partial charge in [0.05, 0.1) is 6.54 Å². The first-order valence-electron chi connectivity index (χ1n) is 5.97. The molecule has 4 N–H and O–H groups in total. The van der Waals surface area contributed by atoms with E-state index >= 15 is 0 Å². The van der Waals surface area contributed by atoms with Gasteiger partial charge in [0.1, 0.15) is 0 Å². The Hall–Kier alpha value is -1.04. The average molecular weight is 267 g/mol. The molecule has 0 aliphatic rings. The minimum absolute atomic E-state index is 0.0261. The van der Waals surface area contributed by atoms with Gasteiger partial charge in [-0.1, -0.05) is 12.1 Å². The van der Waals surface area contributed by atoms with E-state index in [-0.39, 0.29) is 18.5 Å². The number of rotatable bonds is 6. The Bertz CT molecular complexity index is 409. The monoisotopic (exact) mass is 267 g/mol. The van der Waals surface area contributed by atoms with Crippen molar-refractivity contribution in [1.82, 2.24) is 5.32 Å². The molecule has 0 radical (unpaired) electrons. The molecule has 1 rings (SSSR count). The summed E-state index contributed by atoms with van der Waals surface area (Å²) in [5.41, 5.74) is 8.81. The first-order valence-corrected chi connectivity index (χ1v) is 6.61.